The normalized spacial score (nSPS) is 10.8. The van der Waals surface area contributed by atoms with E-state index in [0.29, 0.717) is 0 Å². The van der Waals surface area contributed by atoms with Crippen LogP contribution in [-0.2, 0) is 0 Å². The van der Waals surface area contributed by atoms with Crippen molar-refractivity contribution in [2.45, 2.75) is 6.92 Å². The number of hydrogen-bond acceptors (Lipinski definition) is 3. The van der Waals surface area contributed by atoms with Crippen molar-refractivity contribution in [1.29, 1.82) is 0 Å². The summed E-state index contributed by atoms with van der Waals surface area (Å²) in [6, 6.07) is 14.5. The minimum absolute atomic E-state index is 0.875. The molecule has 0 atom stereocenters. The van der Waals surface area contributed by atoms with Crippen molar-refractivity contribution in [2.24, 2.45) is 0 Å². The first-order valence-electron chi connectivity index (χ1n) is 6.44. The molecule has 0 unspecified atom stereocenters. The summed E-state index contributed by atoms with van der Waals surface area (Å²) >= 11 is 1.77. The molecule has 0 fully saturated rings. The summed E-state index contributed by atoms with van der Waals surface area (Å²) in [6.45, 7) is 2.13. The van der Waals surface area contributed by atoms with Gasteiger partial charge in [0, 0.05) is 10.3 Å². The minimum Gasteiger partial charge on any atom is -0.497 e. The Balaban J connectivity index is 2.20. The molecule has 20 heavy (non-hydrogen) atoms. The second-order valence-electron chi connectivity index (χ2n) is 4.64. The molecule has 3 heteroatoms. The second kappa shape index (κ2) is 5.17. The van der Waals surface area contributed by atoms with E-state index in [9.17, 15) is 0 Å². The van der Waals surface area contributed by atoms with E-state index in [1.165, 1.54) is 26.1 Å². The van der Waals surface area contributed by atoms with Crippen LogP contribution in [0.1, 0.15) is 4.88 Å². The molecule has 0 N–H and O–H groups in total. The number of thiophene rings is 1. The highest BCUT2D eigenvalue weighted by molar-refractivity contribution is 7.19. The third kappa shape index (κ3) is 2.14. The second-order valence-corrected chi connectivity index (χ2v) is 5.90. The van der Waals surface area contributed by atoms with Gasteiger partial charge in [0.25, 0.3) is 0 Å². The third-order valence-corrected chi connectivity index (χ3v) is 4.46. The van der Waals surface area contributed by atoms with E-state index in [1.54, 1.807) is 25.6 Å². The number of fused-ring (bicyclic) bond motifs is 1. The summed E-state index contributed by atoms with van der Waals surface area (Å²) in [6.07, 6.45) is 0. The fraction of sp³-hybridized carbons (Fsp3) is 0.176. The van der Waals surface area contributed by atoms with Gasteiger partial charge in [0.1, 0.15) is 11.5 Å². The summed E-state index contributed by atoms with van der Waals surface area (Å²) in [4.78, 5) is 1.29. The lowest BCUT2D eigenvalue weighted by Crippen LogP contribution is -1.86. The van der Waals surface area contributed by atoms with Crippen LogP contribution < -0.4 is 9.47 Å². The summed E-state index contributed by atoms with van der Waals surface area (Å²) in [5.41, 5.74) is 2.42. The average molecular weight is 284 g/mol. The van der Waals surface area contributed by atoms with E-state index < -0.39 is 0 Å². The van der Waals surface area contributed by atoms with E-state index in [-0.39, 0.29) is 0 Å². The minimum atomic E-state index is 0.875. The Bertz CT molecular complexity index is 742. The van der Waals surface area contributed by atoms with Crippen LogP contribution in [0.4, 0.5) is 0 Å². The summed E-state index contributed by atoms with van der Waals surface area (Å²) in [7, 11) is 3.40. The molecule has 0 saturated heterocycles. The van der Waals surface area contributed by atoms with Crippen molar-refractivity contribution in [3.05, 3.63) is 47.3 Å². The highest BCUT2D eigenvalue weighted by Crippen LogP contribution is 2.39. The molecule has 0 bridgehead atoms. The fourth-order valence-corrected chi connectivity index (χ4v) is 3.43. The zero-order valence-corrected chi connectivity index (χ0v) is 12.6. The molecule has 2 aromatic carbocycles. The number of benzene rings is 2. The Morgan fingerprint density at radius 3 is 2.30 bits per heavy atom. The van der Waals surface area contributed by atoms with E-state index in [1.807, 2.05) is 18.2 Å². The van der Waals surface area contributed by atoms with Gasteiger partial charge >= 0.3 is 0 Å². The molecule has 0 amide bonds. The van der Waals surface area contributed by atoms with Crippen LogP contribution in [0.2, 0.25) is 0 Å². The van der Waals surface area contributed by atoms with Crippen LogP contribution in [-0.4, -0.2) is 14.2 Å². The van der Waals surface area contributed by atoms with E-state index in [2.05, 4.69) is 31.2 Å². The number of methoxy groups -OCH3 is 2. The Morgan fingerprint density at radius 2 is 1.65 bits per heavy atom. The van der Waals surface area contributed by atoms with Gasteiger partial charge in [0.15, 0.2) is 0 Å². The molecule has 0 aliphatic rings. The largest absolute Gasteiger partial charge is 0.497 e. The number of aryl methyl sites for hydroxylation is 1. The Morgan fingerprint density at radius 1 is 0.900 bits per heavy atom. The summed E-state index contributed by atoms with van der Waals surface area (Å²) in [5, 5.41) is 1.25. The summed E-state index contributed by atoms with van der Waals surface area (Å²) < 4.78 is 11.9. The number of rotatable bonds is 3. The fourth-order valence-electron chi connectivity index (χ4n) is 2.40. The molecule has 102 valence electrons. The number of ether oxygens (including phenoxy) is 2. The quantitative estimate of drug-likeness (QED) is 0.681. The van der Waals surface area contributed by atoms with Crippen molar-refractivity contribution in [3.63, 3.8) is 0 Å². The predicted molar refractivity (Wildman–Crippen MR) is 85.1 cm³/mol. The van der Waals surface area contributed by atoms with Crippen molar-refractivity contribution in [1.82, 2.24) is 0 Å². The Hall–Kier alpha value is -2.00. The van der Waals surface area contributed by atoms with Crippen LogP contribution in [0.25, 0.3) is 21.2 Å². The Labute approximate surface area is 122 Å². The molecule has 3 aromatic rings. The van der Waals surface area contributed by atoms with Crippen molar-refractivity contribution < 1.29 is 9.47 Å². The van der Waals surface area contributed by atoms with Gasteiger partial charge in [0.2, 0.25) is 0 Å². The molecular formula is C17H16O2S. The van der Waals surface area contributed by atoms with Gasteiger partial charge < -0.3 is 9.47 Å². The topological polar surface area (TPSA) is 18.5 Å². The van der Waals surface area contributed by atoms with Crippen LogP contribution in [0.5, 0.6) is 11.5 Å². The first-order valence-corrected chi connectivity index (χ1v) is 7.26. The van der Waals surface area contributed by atoms with Gasteiger partial charge in [-0.2, -0.15) is 0 Å². The van der Waals surface area contributed by atoms with Gasteiger partial charge in [-0.15, -0.1) is 11.3 Å². The van der Waals surface area contributed by atoms with Crippen molar-refractivity contribution in [2.75, 3.05) is 14.2 Å². The van der Waals surface area contributed by atoms with Gasteiger partial charge in [-0.3, -0.25) is 0 Å². The zero-order chi connectivity index (χ0) is 14.1. The first-order chi connectivity index (χ1) is 9.72. The molecule has 0 aliphatic heterocycles. The molecule has 3 rings (SSSR count). The average Bonchev–Trinajstić information content (AvgIpc) is 2.87. The lowest BCUT2D eigenvalue weighted by molar-refractivity contribution is 0.415. The van der Waals surface area contributed by atoms with Crippen LogP contribution in [0.15, 0.2) is 42.5 Å². The molecule has 2 nitrogen and oxygen atoms in total. The highest BCUT2D eigenvalue weighted by atomic mass is 32.1. The van der Waals surface area contributed by atoms with Gasteiger partial charge in [-0.1, -0.05) is 12.1 Å². The van der Waals surface area contributed by atoms with Crippen LogP contribution in [0, 0.1) is 6.92 Å². The molecule has 1 heterocycles. The standard InChI is InChI=1S/C17H16O2S/c1-11-10-15-14(8-9-16(19-3)17(15)20-11)12-4-6-13(18-2)7-5-12/h4-10H,1-3H3. The van der Waals surface area contributed by atoms with Gasteiger partial charge in [0.05, 0.1) is 18.9 Å². The molecule has 0 saturated carbocycles. The monoisotopic (exact) mass is 284 g/mol. The summed E-state index contributed by atoms with van der Waals surface area (Å²) in [5.74, 6) is 1.82. The molecular weight excluding hydrogens is 268 g/mol. The SMILES string of the molecule is COc1ccc(-c2ccc(OC)c3sc(C)cc23)cc1. The lowest BCUT2D eigenvalue weighted by Gasteiger charge is -2.08. The van der Waals surface area contributed by atoms with Gasteiger partial charge in [-0.25, -0.2) is 0 Å². The number of hydrogen-bond donors (Lipinski definition) is 0. The van der Waals surface area contributed by atoms with Crippen LogP contribution >= 0.6 is 11.3 Å². The highest BCUT2D eigenvalue weighted by Gasteiger charge is 2.11. The zero-order valence-electron chi connectivity index (χ0n) is 11.8. The maximum atomic E-state index is 5.46. The first kappa shape index (κ1) is 13.0. The molecule has 0 aliphatic carbocycles. The van der Waals surface area contributed by atoms with Crippen molar-refractivity contribution >= 4 is 21.4 Å². The lowest BCUT2D eigenvalue weighted by atomic mass is 10.0. The third-order valence-electron chi connectivity index (χ3n) is 3.39. The van der Waals surface area contributed by atoms with E-state index in [4.69, 9.17) is 9.47 Å². The van der Waals surface area contributed by atoms with Crippen molar-refractivity contribution in [3.8, 4) is 22.6 Å². The molecule has 0 radical (unpaired) electrons. The predicted octanol–water partition coefficient (Wildman–Crippen LogP) is 4.89. The van der Waals surface area contributed by atoms with E-state index in [0.717, 1.165) is 11.5 Å². The van der Waals surface area contributed by atoms with E-state index >= 15 is 0 Å². The van der Waals surface area contributed by atoms with Crippen LogP contribution in [0.3, 0.4) is 0 Å². The Kier molecular flexibility index (Phi) is 3.36. The van der Waals surface area contributed by atoms with Gasteiger partial charge in [-0.05, 0) is 48.4 Å². The molecule has 0 spiro atoms. The smallest absolute Gasteiger partial charge is 0.136 e. The maximum Gasteiger partial charge on any atom is 0.136 e. The molecule has 1 aromatic heterocycles. The maximum absolute atomic E-state index is 5.46.